The molecule has 0 bridgehead atoms. The third-order valence-corrected chi connectivity index (χ3v) is 14.5. The zero-order chi connectivity index (χ0) is 52.2. The summed E-state index contributed by atoms with van der Waals surface area (Å²) < 4.78 is 44.8. The maximum Gasteiger partial charge on any atom is 0.0798 e. The van der Waals surface area contributed by atoms with Gasteiger partial charge in [0, 0.05) is 50.0 Å². The predicted molar refractivity (Wildman–Crippen MR) is 293 cm³/mol. The van der Waals surface area contributed by atoms with Crippen LogP contribution in [0.15, 0.2) is 164 Å². The van der Waals surface area contributed by atoms with Gasteiger partial charge in [0.15, 0.2) is 0 Å². The Kier molecular flexibility index (Phi) is 12.5. The quantitative estimate of drug-likeness (QED) is 0.107. The molecule has 1 radical (unpaired) electrons. The Balaban J connectivity index is 0.000000224. The number of benzene rings is 7. The summed E-state index contributed by atoms with van der Waals surface area (Å²) in [6.45, 7) is 19.3. The van der Waals surface area contributed by atoms with Gasteiger partial charge in [-0.1, -0.05) is 171 Å². The van der Waals surface area contributed by atoms with Crippen LogP contribution >= 0.6 is 0 Å². The zero-order valence-electron chi connectivity index (χ0n) is 46.4. The number of aromatic nitrogens is 4. The van der Waals surface area contributed by atoms with E-state index >= 15 is 0 Å². The van der Waals surface area contributed by atoms with Crippen LogP contribution in [0.25, 0.3) is 78.0 Å². The fourth-order valence-corrected chi connectivity index (χ4v) is 10.6. The molecule has 0 spiro atoms. The van der Waals surface area contributed by atoms with Gasteiger partial charge in [-0.15, -0.1) is 59.2 Å². The molecule has 69 heavy (non-hydrogen) atoms. The van der Waals surface area contributed by atoms with Crippen molar-refractivity contribution in [3.8, 4) is 45.1 Å². The molecule has 0 aliphatic carbocycles. The summed E-state index contributed by atoms with van der Waals surface area (Å²) >= 11 is 0. The first-order chi connectivity index (χ1) is 34.5. The molecule has 0 aliphatic heterocycles. The minimum absolute atomic E-state index is 0. The van der Waals surface area contributed by atoms with Gasteiger partial charge in [0.05, 0.1) is 24.9 Å². The van der Waals surface area contributed by atoms with Crippen LogP contribution in [0.1, 0.15) is 89.4 Å². The molecule has 7 aromatic carbocycles. The second kappa shape index (κ2) is 20.0. The van der Waals surface area contributed by atoms with Gasteiger partial charge >= 0.3 is 0 Å². The summed E-state index contributed by atoms with van der Waals surface area (Å²) in [4.78, 5) is 9.88. The summed E-state index contributed by atoms with van der Waals surface area (Å²) in [5.74, 6) is 1.52. The molecule has 0 saturated heterocycles. The van der Waals surface area contributed by atoms with Gasteiger partial charge in [-0.25, -0.2) is 0 Å². The topological polar surface area (TPSA) is 35.6 Å². The van der Waals surface area contributed by atoms with Gasteiger partial charge in [-0.2, -0.15) is 0 Å². The number of pyridine rings is 1. The van der Waals surface area contributed by atoms with E-state index in [4.69, 9.17) is 11.8 Å². The van der Waals surface area contributed by atoms with Crippen molar-refractivity contribution in [1.29, 1.82) is 0 Å². The molecule has 351 valence electrons. The average Bonchev–Trinajstić information content (AvgIpc) is 3.91. The molecule has 0 aliphatic rings. The largest absolute Gasteiger partial charge is 0.351 e. The van der Waals surface area contributed by atoms with E-state index in [0.29, 0.717) is 28.7 Å². The Morgan fingerprint density at radius 2 is 1.26 bits per heavy atom. The average molecular weight is 1100 g/mol. The molecule has 0 saturated carbocycles. The second-order valence-electron chi connectivity index (χ2n) is 20.5. The van der Waals surface area contributed by atoms with Crippen LogP contribution in [0.5, 0.6) is 0 Å². The molecule has 0 fully saturated rings. The van der Waals surface area contributed by atoms with Gasteiger partial charge in [-0.05, 0) is 110 Å². The Morgan fingerprint density at radius 3 is 1.88 bits per heavy atom. The standard InChI is InChI=1S/C43H36N3.C20H28NSi.Ir/c1-28(2)35-26-32(30-15-7-5-8-16-30)27-36(29(3)4)42(35)46-41-22-14-12-20-38(41)44-43(46)31-23-24-40-37(25-31)34-19-11-13-21-39(34)45(40)33-17-9-6-10-18-33;1-15-8-10-16(11-9-15)18-12-17(13-20(2,3)4)19(14-21-18)22(5,6)7;/h5-22,24-29H,1-4H3;8-10,12,14H,13H2,1-7H3;/q2*-1;/i;1D3,13D2;. The number of nitrogens with zero attached hydrogens (tertiary/aromatic N) is 4. The number of hydrogen-bond acceptors (Lipinski definition) is 2. The molecule has 6 heteroatoms. The van der Waals surface area contributed by atoms with E-state index in [2.05, 4.69) is 207 Å². The van der Waals surface area contributed by atoms with Crippen molar-refractivity contribution in [2.24, 2.45) is 5.41 Å². The summed E-state index contributed by atoms with van der Waals surface area (Å²) in [6.07, 6.45) is 0.269. The predicted octanol–water partition coefficient (Wildman–Crippen LogP) is 16.5. The van der Waals surface area contributed by atoms with Crippen LogP contribution in [-0.4, -0.2) is 27.2 Å². The SMILES string of the molecule is CC(C)c1cc(-c2ccccc2)cc(C(C)C)c1-n1c(-c2[c-]cc3c(c2)c2ccccc2n3-c2ccccc2)nc2ccccc21.[2H]C([2H])([2H])c1c[c-]c(-c2cc(C([2H])([2H])C(C)(C)C)c([Si](C)(C)C)cn2)cc1.[Ir]. The summed E-state index contributed by atoms with van der Waals surface area (Å²) in [7, 11) is -1.81. The fraction of sp³-hybridized carbons (Fsp3) is 0.238. The number of rotatable bonds is 9. The van der Waals surface area contributed by atoms with E-state index in [1.807, 2.05) is 26.8 Å². The normalized spacial score (nSPS) is 13.4. The number of imidazole rings is 1. The van der Waals surface area contributed by atoms with Crippen LogP contribution in [0.2, 0.25) is 19.6 Å². The van der Waals surface area contributed by atoms with Crippen molar-refractivity contribution in [2.45, 2.75) is 93.2 Å². The van der Waals surface area contributed by atoms with Crippen molar-refractivity contribution < 1.29 is 27.0 Å². The maximum absolute atomic E-state index is 8.79. The monoisotopic (exact) mass is 1100 g/mol. The Morgan fingerprint density at radius 1 is 0.638 bits per heavy atom. The second-order valence-corrected chi connectivity index (χ2v) is 25.5. The molecular weight excluding hydrogens is 1030 g/mol. The molecule has 0 unspecified atom stereocenters. The molecule has 3 aromatic heterocycles. The molecule has 0 amide bonds. The van der Waals surface area contributed by atoms with Crippen molar-refractivity contribution in [2.75, 3.05) is 0 Å². The number of aryl methyl sites for hydroxylation is 1. The molecule has 0 atom stereocenters. The molecule has 10 aromatic rings. The first-order valence-electron chi connectivity index (χ1n) is 26.3. The van der Waals surface area contributed by atoms with Crippen LogP contribution in [0.3, 0.4) is 0 Å². The van der Waals surface area contributed by atoms with E-state index in [0.717, 1.165) is 38.8 Å². The van der Waals surface area contributed by atoms with Gasteiger partial charge in [0.1, 0.15) is 0 Å². The minimum Gasteiger partial charge on any atom is -0.351 e. The molecule has 10 rings (SSSR count). The summed E-state index contributed by atoms with van der Waals surface area (Å²) in [5, 5.41) is 3.42. The van der Waals surface area contributed by atoms with Crippen LogP contribution < -0.4 is 5.19 Å². The number of para-hydroxylation sites is 4. The van der Waals surface area contributed by atoms with Crippen molar-refractivity contribution >= 4 is 46.1 Å². The molecule has 3 heterocycles. The summed E-state index contributed by atoms with van der Waals surface area (Å²) in [6, 6.07) is 61.0. The first kappa shape index (κ1) is 42.9. The molecule has 4 nitrogen and oxygen atoms in total. The number of hydrogen-bond donors (Lipinski definition) is 0. The third kappa shape index (κ3) is 10.3. The van der Waals surface area contributed by atoms with E-state index < -0.39 is 26.7 Å². The van der Waals surface area contributed by atoms with Crippen molar-refractivity contribution in [1.82, 2.24) is 19.1 Å². The van der Waals surface area contributed by atoms with E-state index in [1.165, 1.54) is 50.3 Å². The van der Waals surface area contributed by atoms with E-state index in [9.17, 15) is 0 Å². The Labute approximate surface area is 431 Å². The molecule has 0 N–H and O–H groups in total. The minimum atomic E-state index is -2.17. The number of fused-ring (bicyclic) bond motifs is 4. The Hall–Kier alpha value is -6.17. The van der Waals surface area contributed by atoms with Gasteiger partial charge < -0.3 is 14.1 Å². The zero-order valence-corrected chi connectivity index (χ0v) is 44.8. The van der Waals surface area contributed by atoms with Crippen molar-refractivity contribution in [3.63, 3.8) is 0 Å². The van der Waals surface area contributed by atoms with Gasteiger partial charge in [0.25, 0.3) is 0 Å². The van der Waals surface area contributed by atoms with Gasteiger partial charge in [0.2, 0.25) is 0 Å². The molecular formula is C63H64IrN4Si-2. The Bertz CT molecular complexity index is 3570. The van der Waals surface area contributed by atoms with Crippen LogP contribution in [0, 0.1) is 24.4 Å². The summed E-state index contributed by atoms with van der Waals surface area (Å²) in [5.41, 5.74) is 14.5. The van der Waals surface area contributed by atoms with Gasteiger partial charge in [-0.3, -0.25) is 4.98 Å². The maximum atomic E-state index is 8.79. The van der Waals surface area contributed by atoms with Crippen molar-refractivity contribution in [3.05, 3.63) is 198 Å². The smallest absolute Gasteiger partial charge is 0.0798 e. The fourth-order valence-electron chi connectivity index (χ4n) is 9.24. The van der Waals surface area contributed by atoms with Crippen LogP contribution in [-0.2, 0) is 26.5 Å². The van der Waals surface area contributed by atoms with E-state index in [-0.39, 0.29) is 25.7 Å². The first-order valence-corrected chi connectivity index (χ1v) is 27.3. The third-order valence-electron chi connectivity index (χ3n) is 12.5. The van der Waals surface area contributed by atoms with E-state index in [1.54, 1.807) is 18.3 Å². The van der Waals surface area contributed by atoms with Crippen LogP contribution in [0.4, 0.5) is 0 Å².